The van der Waals surface area contributed by atoms with Crippen LogP contribution in [0.15, 0.2) is 12.2 Å². The topological polar surface area (TPSA) is 107 Å². The Balaban J connectivity index is 2.07. The van der Waals surface area contributed by atoms with Gasteiger partial charge in [-0.2, -0.15) is 8.42 Å². The molecule has 0 aromatic heterocycles. The fourth-order valence-electron chi connectivity index (χ4n) is 1.93. The molecule has 0 saturated carbocycles. The van der Waals surface area contributed by atoms with E-state index < -0.39 is 29.9 Å². The molecule has 2 heterocycles. The van der Waals surface area contributed by atoms with E-state index >= 15 is 0 Å². The summed E-state index contributed by atoms with van der Waals surface area (Å²) in [5.41, 5.74) is 0. The number of nitrogens with one attached hydrogen (secondary N) is 1. The number of rotatable bonds is 4. The predicted octanol–water partition coefficient (Wildman–Crippen LogP) is -1.22. The molecule has 1 saturated heterocycles. The molecule has 0 unspecified atom stereocenters. The highest BCUT2D eigenvalue weighted by Gasteiger charge is 2.39. The summed E-state index contributed by atoms with van der Waals surface area (Å²) in [5, 5.41) is 0. The van der Waals surface area contributed by atoms with E-state index in [9.17, 15) is 21.6 Å². The summed E-state index contributed by atoms with van der Waals surface area (Å²) in [7, 11) is -8.69. The summed E-state index contributed by atoms with van der Waals surface area (Å²) in [4.78, 5) is 11.7. The highest BCUT2D eigenvalue weighted by molar-refractivity contribution is 8.66. The van der Waals surface area contributed by atoms with Gasteiger partial charge in [0.25, 0.3) is 8.87 Å². The molecule has 18 heavy (non-hydrogen) atoms. The average Bonchev–Trinajstić information content (AvgIpc) is 2.59. The van der Waals surface area contributed by atoms with E-state index in [1.807, 2.05) is 4.72 Å². The van der Waals surface area contributed by atoms with Crippen molar-refractivity contribution in [1.82, 2.24) is 4.72 Å². The van der Waals surface area contributed by atoms with Crippen molar-refractivity contribution in [2.45, 2.75) is 18.6 Å². The zero-order valence-electron chi connectivity index (χ0n) is 9.57. The molecule has 0 amide bonds. The van der Waals surface area contributed by atoms with Gasteiger partial charge in [0.1, 0.15) is 5.78 Å². The van der Waals surface area contributed by atoms with Gasteiger partial charge in [0.05, 0.1) is 24.4 Å². The molecule has 102 valence electrons. The van der Waals surface area contributed by atoms with Crippen LogP contribution in [0, 0.1) is 5.92 Å². The third kappa shape index (κ3) is 2.48. The fourth-order valence-corrected chi connectivity index (χ4v) is 3.38. The van der Waals surface area contributed by atoms with Crippen LogP contribution in [0.3, 0.4) is 0 Å². The molecular formula is C9H13NO6S2. The second-order valence-corrected chi connectivity index (χ2v) is 10.0. The fraction of sp³-hybridized carbons (Fsp3) is 0.667. The molecule has 9 heteroatoms. The largest absolute Gasteiger partial charge is 0.366 e. The smallest absolute Gasteiger partial charge is 0.317 e. The van der Waals surface area contributed by atoms with Crippen LogP contribution in [0.1, 0.15) is 6.42 Å². The summed E-state index contributed by atoms with van der Waals surface area (Å²) in [6.07, 6.45) is 3.55. The SMILES string of the molecule is CS(=O)(=O)S(=O)(=O)NC[C@H]1C(=O)C[C@@H]2C=C[C@H]1O2. The van der Waals surface area contributed by atoms with Crippen molar-refractivity contribution >= 4 is 23.7 Å². The van der Waals surface area contributed by atoms with Gasteiger partial charge in [-0.15, -0.1) is 0 Å². The number of hydrogen-bond donors (Lipinski definition) is 1. The Morgan fingerprint density at radius 1 is 1.33 bits per heavy atom. The molecule has 2 bridgehead atoms. The van der Waals surface area contributed by atoms with E-state index in [4.69, 9.17) is 4.74 Å². The van der Waals surface area contributed by atoms with E-state index in [0.717, 1.165) is 0 Å². The Labute approximate surface area is 105 Å². The van der Waals surface area contributed by atoms with E-state index in [-0.39, 0.29) is 24.9 Å². The maximum atomic E-state index is 11.7. The molecule has 7 nitrogen and oxygen atoms in total. The Hall–Kier alpha value is -0.770. The molecule has 0 aromatic carbocycles. The summed E-state index contributed by atoms with van der Waals surface area (Å²) < 4.78 is 52.0. The first-order valence-electron chi connectivity index (χ1n) is 5.27. The number of ketones is 1. The van der Waals surface area contributed by atoms with Crippen molar-refractivity contribution in [3.05, 3.63) is 12.2 Å². The van der Waals surface area contributed by atoms with Crippen molar-refractivity contribution in [3.8, 4) is 0 Å². The molecule has 1 fully saturated rings. The van der Waals surface area contributed by atoms with E-state index in [1.165, 1.54) is 0 Å². The zero-order valence-corrected chi connectivity index (χ0v) is 11.2. The van der Waals surface area contributed by atoms with Gasteiger partial charge in [-0.1, -0.05) is 12.2 Å². The highest BCUT2D eigenvalue weighted by Crippen LogP contribution is 2.28. The lowest BCUT2D eigenvalue weighted by molar-refractivity contribution is -0.135. The second-order valence-electron chi connectivity index (χ2n) is 4.31. The van der Waals surface area contributed by atoms with Crippen LogP contribution in [0.5, 0.6) is 0 Å². The minimum absolute atomic E-state index is 0.127. The zero-order chi connectivity index (χ0) is 13.6. The highest BCUT2D eigenvalue weighted by atomic mass is 33.2. The Morgan fingerprint density at radius 3 is 2.61 bits per heavy atom. The van der Waals surface area contributed by atoms with Crippen molar-refractivity contribution in [2.75, 3.05) is 12.8 Å². The lowest BCUT2D eigenvalue weighted by Crippen LogP contribution is -2.44. The molecule has 2 rings (SSSR count). The molecule has 0 radical (unpaired) electrons. The van der Waals surface area contributed by atoms with Crippen molar-refractivity contribution in [2.24, 2.45) is 5.92 Å². The van der Waals surface area contributed by atoms with Gasteiger partial charge in [-0.3, -0.25) is 4.79 Å². The minimum Gasteiger partial charge on any atom is -0.366 e. The summed E-state index contributed by atoms with van der Waals surface area (Å²) in [6.45, 7) is -0.268. The van der Waals surface area contributed by atoms with Gasteiger partial charge in [-0.05, 0) is 0 Å². The van der Waals surface area contributed by atoms with Crippen molar-refractivity contribution in [3.63, 3.8) is 0 Å². The van der Waals surface area contributed by atoms with Crippen LogP contribution < -0.4 is 4.72 Å². The number of carbonyl (C=O) groups excluding carboxylic acids is 1. The first-order valence-corrected chi connectivity index (χ1v) is 9.16. The van der Waals surface area contributed by atoms with Crippen LogP contribution in [-0.2, 0) is 27.5 Å². The molecular weight excluding hydrogens is 282 g/mol. The van der Waals surface area contributed by atoms with Gasteiger partial charge in [0.15, 0.2) is 0 Å². The average molecular weight is 295 g/mol. The van der Waals surface area contributed by atoms with Crippen LogP contribution in [0.25, 0.3) is 0 Å². The first-order chi connectivity index (χ1) is 8.21. The molecule has 3 atom stereocenters. The Kier molecular flexibility index (Phi) is 3.34. The summed E-state index contributed by atoms with van der Waals surface area (Å²) in [5.74, 6) is -0.797. The monoisotopic (exact) mass is 295 g/mol. The van der Waals surface area contributed by atoms with Gasteiger partial charge < -0.3 is 4.74 Å². The van der Waals surface area contributed by atoms with Gasteiger partial charge >= 0.3 is 9.06 Å². The number of fused-ring (bicyclic) bond motifs is 2. The molecule has 2 aliphatic rings. The standard InChI is InChI=1S/C9H13NO6S2/c1-17(12,13)18(14,15)10-5-7-8(11)4-6-2-3-9(7)16-6/h2-3,6-7,9-10H,4-5H2,1H3/t6-,7-,9+/m0/s1. The Morgan fingerprint density at radius 2 is 2.00 bits per heavy atom. The molecule has 0 spiro atoms. The normalized spacial score (nSPS) is 31.8. The van der Waals surface area contributed by atoms with Crippen LogP contribution in [0.2, 0.25) is 0 Å². The maximum absolute atomic E-state index is 11.7. The molecule has 1 N–H and O–H groups in total. The van der Waals surface area contributed by atoms with Crippen LogP contribution >= 0.6 is 0 Å². The number of Topliss-reactive ketones (excluding diaryl/α,β-unsaturated/α-hetero) is 1. The van der Waals surface area contributed by atoms with Crippen LogP contribution in [-0.4, -0.2) is 47.6 Å². The van der Waals surface area contributed by atoms with Crippen molar-refractivity contribution < 1.29 is 26.4 Å². The number of ether oxygens (including phenoxy) is 1. The number of hydrogen-bond acceptors (Lipinski definition) is 6. The van der Waals surface area contributed by atoms with Crippen LogP contribution in [0.4, 0.5) is 0 Å². The summed E-state index contributed by atoms with van der Waals surface area (Å²) >= 11 is 0. The van der Waals surface area contributed by atoms with E-state index in [0.29, 0.717) is 6.26 Å². The first kappa shape index (κ1) is 13.7. The van der Waals surface area contributed by atoms with Gasteiger partial charge in [0, 0.05) is 13.0 Å². The predicted molar refractivity (Wildman–Crippen MR) is 62.7 cm³/mol. The number of carbonyl (C=O) groups is 1. The maximum Gasteiger partial charge on any atom is 0.317 e. The minimum atomic E-state index is -4.45. The van der Waals surface area contributed by atoms with E-state index in [2.05, 4.69) is 0 Å². The quantitative estimate of drug-likeness (QED) is 0.514. The van der Waals surface area contributed by atoms with Gasteiger partial charge in [-0.25, -0.2) is 13.1 Å². The third-order valence-corrected chi connectivity index (χ3v) is 7.00. The third-order valence-electron chi connectivity index (χ3n) is 2.94. The molecule has 0 aromatic rings. The molecule has 2 aliphatic heterocycles. The summed E-state index contributed by atoms with van der Waals surface area (Å²) in [6, 6.07) is 0. The lowest BCUT2D eigenvalue weighted by atomic mass is 9.94. The van der Waals surface area contributed by atoms with E-state index in [1.54, 1.807) is 12.2 Å². The second kappa shape index (κ2) is 4.41. The van der Waals surface area contributed by atoms with Crippen molar-refractivity contribution in [1.29, 1.82) is 0 Å². The van der Waals surface area contributed by atoms with Gasteiger partial charge in [0.2, 0.25) is 0 Å². The Bertz CT molecular complexity index is 591. The lowest BCUT2D eigenvalue weighted by Gasteiger charge is -2.28. The molecule has 0 aliphatic carbocycles.